The van der Waals surface area contributed by atoms with Gasteiger partial charge in [-0.15, -0.1) is 11.3 Å². The number of thiazole rings is 1. The van der Waals surface area contributed by atoms with Crippen LogP contribution < -0.4 is 5.32 Å². The van der Waals surface area contributed by atoms with E-state index in [1.807, 2.05) is 13.0 Å². The predicted molar refractivity (Wildman–Crippen MR) is 71.5 cm³/mol. The Hall–Kier alpha value is -1.26. The van der Waals surface area contributed by atoms with Crippen LogP contribution in [0.15, 0.2) is 29.6 Å². The highest BCUT2D eigenvalue weighted by molar-refractivity contribution is 7.09. The summed E-state index contributed by atoms with van der Waals surface area (Å²) in [5, 5.41) is 6.50. The summed E-state index contributed by atoms with van der Waals surface area (Å²) in [6, 6.07) is 6.95. The molecule has 0 bridgehead atoms. The number of aryl methyl sites for hydroxylation is 1. The maximum Gasteiger partial charge on any atom is 0.123 e. The molecule has 2 heterocycles. The van der Waals surface area contributed by atoms with Crippen LogP contribution in [0.5, 0.6) is 0 Å². The van der Waals surface area contributed by atoms with Gasteiger partial charge in [0.25, 0.3) is 0 Å². The highest BCUT2D eigenvalue weighted by atomic mass is 32.1. The Labute approximate surface area is 110 Å². The van der Waals surface area contributed by atoms with Gasteiger partial charge in [0.15, 0.2) is 0 Å². The lowest BCUT2D eigenvalue weighted by atomic mass is 9.72. The van der Waals surface area contributed by atoms with Crippen molar-refractivity contribution in [3.05, 3.63) is 51.7 Å². The van der Waals surface area contributed by atoms with Gasteiger partial charge in [0, 0.05) is 30.3 Å². The summed E-state index contributed by atoms with van der Waals surface area (Å²) in [5.41, 5.74) is 2.21. The lowest BCUT2D eigenvalue weighted by molar-refractivity contribution is 0.272. The van der Waals surface area contributed by atoms with Gasteiger partial charge in [-0.25, -0.2) is 9.37 Å². The molecule has 0 saturated carbocycles. The summed E-state index contributed by atoms with van der Waals surface area (Å²) in [6.45, 7) is 3.81. The highest BCUT2D eigenvalue weighted by Crippen LogP contribution is 2.33. The Bertz CT molecular complexity index is 560. The van der Waals surface area contributed by atoms with E-state index in [4.69, 9.17) is 0 Å². The molecule has 0 radical (unpaired) electrons. The van der Waals surface area contributed by atoms with E-state index in [2.05, 4.69) is 15.7 Å². The lowest BCUT2D eigenvalue weighted by Gasteiger charge is -2.43. The first kappa shape index (κ1) is 11.8. The van der Waals surface area contributed by atoms with Crippen molar-refractivity contribution in [2.45, 2.75) is 18.8 Å². The second kappa shape index (κ2) is 4.44. The number of halogens is 1. The molecule has 1 N–H and O–H groups in total. The smallest absolute Gasteiger partial charge is 0.123 e. The molecule has 4 heteroatoms. The standard InChI is InChI=1S/C14H15FN2S/c1-10-17-13(7-18-10)6-14(8-16-9-14)11-3-2-4-12(15)5-11/h2-5,7,16H,6,8-9H2,1H3. The Morgan fingerprint density at radius 1 is 1.44 bits per heavy atom. The lowest BCUT2D eigenvalue weighted by Crippen LogP contribution is -2.58. The van der Waals surface area contributed by atoms with E-state index in [9.17, 15) is 4.39 Å². The SMILES string of the molecule is Cc1nc(CC2(c3cccc(F)c3)CNC2)cs1. The Kier molecular flexibility index (Phi) is 2.92. The minimum atomic E-state index is -0.159. The van der Waals surface area contributed by atoms with Gasteiger partial charge in [-0.1, -0.05) is 12.1 Å². The molecule has 1 fully saturated rings. The summed E-state index contributed by atoms with van der Waals surface area (Å²) >= 11 is 1.67. The van der Waals surface area contributed by atoms with Gasteiger partial charge < -0.3 is 5.32 Å². The minimum Gasteiger partial charge on any atom is -0.315 e. The predicted octanol–water partition coefficient (Wildman–Crippen LogP) is 2.67. The topological polar surface area (TPSA) is 24.9 Å². The van der Waals surface area contributed by atoms with E-state index in [0.717, 1.165) is 35.8 Å². The maximum atomic E-state index is 13.4. The Balaban J connectivity index is 1.90. The fraction of sp³-hybridized carbons (Fsp3) is 0.357. The first-order valence-electron chi connectivity index (χ1n) is 6.06. The molecule has 0 aliphatic carbocycles. The van der Waals surface area contributed by atoms with Crippen LogP contribution >= 0.6 is 11.3 Å². The normalized spacial score (nSPS) is 17.4. The third-order valence-electron chi connectivity index (χ3n) is 3.55. The first-order chi connectivity index (χ1) is 8.68. The number of aromatic nitrogens is 1. The van der Waals surface area contributed by atoms with Crippen LogP contribution in [-0.2, 0) is 11.8 Å². The van der Waals surface area contributed by atoms with Crippen molar-refractivity contribution in [3.8, 4) is 0 Å². The van der Waals surface area contributed by atoms with Crippen LogP contribution in [0.25, 0.3) is 0 Å². The average Bonchev–Trinajstić information content (AvgIpc) is 2.69. The Morgan fingerprint density at radius 2 is 2.28 bits per heavy atom. The third kappa shape index (κ3) is 2.06. The van der Waals surface area contributed by atoms with E-state index in [-0.39, 0.29) is 11.2 Å². The molecule has 1 saturated heterocycles. The summed E-state index contributed by atoms with van der Waals surface area (Å²) in [6.07, 6.45) is 0.883. The molecule has 0 unspecified atom stereocenters. The molecule has 1 aromatic heterocycles. The molecule has 3 rings (SSSR count). The number of rotatable bonds is 3. The van der Waals surface area contributed by atoms with E-state index in [1.165, 1.54) is 6.07 Å². The molecule has 2 nitrogen and oxygen atoms in total. The molecule has 94 valence electrons. The Morgan fingerprint density at radius 3 is 2.83 bits per heavy atom. The molecule has 2 aromatic rings. The van der Waals surface area contributed by atoms with Crippen LogP contribution in [0.4, 0.5) is 4.39 Å². The van der Waals surface area contributed by atoms with E-state index in [1.54, 1.807) is 23.5 Å². The van der Waals surface area contributed by atoms with Crippen molar-refractivity contribution in [2.75, 3.05) is 13.1 Å². The zero-order valence-electron chi connectivity index (χ0n) is 10.2. The van der Waals surface area contributed by atoms with Gasteiger partial charge in [0.1, 0.15) is 5.82 Å². The molecule has 0 atom stereocenters. The number of nitrogens with one attached hydrogen (secondary N) is 1. The number of benzene rings is 1. The first-order valence-corrected chi connectivity index (χ1v) is 6.94. The van der Waals surface area contributed by atoms with Crippen LogP contribution in [-0.4, -0.2) is 18.1 Å². The van der Waals surface area contributed by atoms with E-state index >= 15 is 0 Å². The van der Waals surface area contributed by atoms with Crippen molar-refractivity contribution >= 4 is 11.3 Å². The summed E-state index contributed by atoms with van der Waals surface area (Å²) < 4.78 is 13.4. The van der Waals surface area contributed by atoms with Crippen molar-refractivity contribution in [2.24, 2.45) is 0 Å². The third-order valence-corrected chi connectivity index (χ3v) is 4.37. The van der Waals surface area contributed by atoms with Crippen molar-refractivity contribution in [1.82, 2.24) is 10.3 Å². The van der Waals surface area contributed by atoms with Gasteiger partial charge in [-0.05, 0) is 24.6 Å². The van der Waals surface area contributed by atoms with E-state index in [0.29, 0.717) is 0 Å². The monoisotopic (exact) mass is 262 g/mol. The van der Waals surface area contributed by atoms with Gasteiger partial charge in [0.05, 0.1) is 10.7 Å². The van der Waals surface area contributed by atoms with Crippen molar-refractivity contribution < 1.29 is 4.39 Å². The number of hydrogen-bond acceptors (Lipinski definition) is 3. The molecule has 1 aliphatic rings. The van der Waals surface area contributed by atoms with E-state index < -0.39 is 0 Å². The van der Waals surface area contributed by atoms with Crippen molar-refractivity contribution in [1.29, 1.82) is 0 Å². The molecule has 0 spiro atoms. The van der Waals surface area contributed by atoms with Gasteiger partial charge in [-0.2, -0.15) is 0 Å². The van der Waals surface area contributed by atoms with Crippen LogP contribution in [0.3, 0.4) is 0 Å². The minimum absolute atomic E-state index is 0.0165. The molecule has 18 heavy (non-hydrogen) atoms. The number of hydrogen-bond donors (Lipinski definition) is 1. The fourth-order valence-corrected chi connectivity index (χ4v) is 3.13. The largest absolute Gasteiger partial charge is 0.315 e. The molecule has 1 aromatic carbocycles. The summed E-state index contributed by atoms with van der Waals surface area (Å²) in [5.74, 6) is -0.159. The molecule has 1 aliphatic heterocycles. The van der Waals surface area contributed by atoms with Crippen LogP contribution in [0.2, 0.25) is 0 Å². The molecule has 0 amide bonds. The van der Waals surface area contributed by atoms with Crippen LogP contribution in [0.1, 0.15) is 16.3 Å². The van der Waals surface area contributed by atoms with Gasteiger partial charge >= 0.3 is 0 Å². The number of nitrogens with zero attached hydrogens (tertiary/aromatic N) is 1. The molecular weight excluding hydrogens is 247 g/mol. The second-order valence-electron chi connectivity index (χ2n) is 4.93. The zero-order valence-corrected chi connectivity index (χ0v) is 11.1. The van der Waals surface area contributed by atoms with Crippen LogP contribution in [0, 0.1) is 12.7 Å². The van der Waals surface area contributed by atoms with Crippen molar-refractivity contribution in [3.63, 3.8) is 0 Å². The zero-order chi connectivity index (χ0) is 12.6. The fourth-order valence-electron chi connectivity index (χ4n) is 2.51. The average molecular weight is 262 g/mol. The summed E-state index contributed by atoms with van der Waals surface area (Å²) in [7, 11) is 0. The second-order valence-corrected chi connectivity index (χ2v) is 5.99. The van der Waals surface area contributed by atoms with Gasteiger partial charge in [0.2, 0.25) is 0 Å². The maximum absolute atomic E-state index is 13.4. The highest BCUT2D eigenvalue weighted by Gasteiger charge is 2.39. The molecular formula is C14H15FN2S. The van der Waals surface area contributed by atoms with Gasteiger partial charge in [-0.3, -0.25) is 0 Å². The summed E-state index contributed by atoms with van der Waals surface area (Å²) in [4.78, 5) is 4.52. The quantitative estimate of drug-likeness (QED) is 0.920.